The number of likely N-dealkylation sites (tertiary alicyclic amines) is 1. The summed E-state index contributed by atoms with van der Waals surface area (Å²) in [5, 5.41) is 0.696. The number of thioether (sulfide) groups is 1. The minimum atomic E-state index is 0.0306. The molecule has 2 heterocycles. The third-order valence-electron chi connectivity index (χ3n) is 4.22. The minimum Gasteiger partial charge on any atom is -0.440 e. The Hall–Kier alpha value is -1.20. The highest BCUT2D eigenvalue weighted by atomic mass is 35.5. The number of carbonyl (C=O) groups is 1. The van der Waals surface area contributed by atoms with Gasteiger partial charge in [0.25, 0.3) is 0 Å². The van der Waals surface area contributed by atoms with E-state index in [1.807, 2.05) is 36.3 Å². The number of aromatic nitrogens is 1. The van der Waals surface area contributed by atoms with Crippen molar-refractivity contribution in [3.63, 3.8) is 0 Å². The highest BCUT2D eigenvalue weighted by Gasteiger charge is 2.28. The van der Waals surface area contributed by atoms with E-state index in [1.165, 1.54) is 0 Å². The van der Waals surface area contributed by atoms with Crippen LogP contribution in [0.15, 0.2) is 22.6 Å². The van der Waals surface area contributed by atoms with Gasteiger partial charge in [-0.25, -0.2) is 4.98 Å². The van der Waals surface area contributed by atoms with Crippen molar-refractivity contribution in [1.29, 1.82) is 0 Å². The van der Waals surface area contributed by atoms with Gasteiger partial charge in [-0.2, -0.15) is 11.8 Å². The van der Waals surface area contributed by atoms with E-state index in [0.717, 1.165) is 42.9 Å². The van der Waals surface area contributed by atoms with Gasteiger partial charge in [-0.1, -0.05) is 11.6 Å². The number of amides is 1. The molecule has 1 aliphatic rings. The molecule has 0 bridgehead atoms. The van der Waals surface area contributed by atoms with Crippen molar-refractivity contribution in [2.75, 3.05) is 19.3 Å². The average Bonchev–Trinajstić information content (AvgIpc) is 2.96. The van der Waals surface area contributed by atoms with Crippen molar-refractivity contribution in [2.45, 2.75) is 30.9 Å². The fourth-order valence-electron chi connectivity index (χ4n) is 2.80. The van der Waals surface area contributed by atoms with Crippen LogP contribution in [0.4, 0.5) is 0 Å². The maximum Gasteiger partial charge on any atom is 0.235 e. The largest absolute Gasteiger partial charge is 0.440 e. The van der Waals surface area contributed by atoms with E-state index in [9.17, 15) is 4.79 Å². The van der Waals surface area contributed by atoms with E-state index in [2.05, 4.69) is 4.98 Å². The van der Waals surface area contributed by atoms with Gasteiger partial charge >= 0.3 is 0 Å². The third-order valence-corrected chi connectivity index (χ3v) is 5.37. The second kappa shape index (κ2) is 6.50. The molecule has 22 heavy (non-hydrogen) atoms. The van der Waals surface area contributed by atoms with Gasteiger partial charge in [0, 0.05) is 24.0 Å². The van der Waals surface area contributed by atoms with Crippen LogP contribution in [0.5, 0.6) is 0 Å². The van der Waals surface area contributed by atoms with Gasteiger partial charge in [-0.15, -0.1) is 0 Å². The first-order valence-electron chi connectivity index (χ1n) is 7.46. The van der Waals surface area contributed by atoms with Crippen molar-refractivity contribution in [3.8, 4) is 0 Å². The monoisotopic (exact) mass is 338 g/mol. The zero-order chi connectivity index (χ0) is 15.7. The quantitative estimate of drug-likeness (QED) is 0.850. The van der Waals surface area contributed by atoms with Gasteiger partial charge in [0.1, 0.15) is 5.52 Å². The van der Waals surface area contributed by atoms with Crippen LogP contribution in [0.2, 0.25) is 5.02 Å². The highest BCUT2D eigenvalue weighted by Crippen LogP contribution is 2.31. The van der Waals surface area contributed by atoms with Crippen LogP contribution >= 0.6 is 23.4 Å². The molecule has 2 aromatic rings. The molecule has 0 radical (unpaired) electrons. The van der Waals surface area contributed by atoms with E-state index in [4.69, 9.17) is 16.0 Å². The zero-order valence-corrected chi connectivity index (χ0v) is 14.3. The van der Waals surface area contributed by atoms with Gasteiger partial charge in [0.05, 0.1) is 5.25 Å². The molecule has 0 N–H and O–H groups in total. The van der Waals surface area contributed by atoms with E-state index >= 15 is 0 Å². The summed E-state index contributed by atoms with van der Waals surface area (Å²) < 4.78 is 5.85. The second-order valence-electron chi connectivity index (χ2n) is 5.64. The molecule has 6 heteroatoms. The topological polar surface area (TPSA) is 46.3 Å². The lowest BCUT2D eigenvalue weighted by Gasteiger charge is -2.32. The Balaban J connectivity index is 1.68. The van der Waals surface area contributed by atoms with E-state index in [0.29, 0.717) is 5.02 Å². The van der Waals surface area contributed by atoms with Gasteiger partial charge in [0.2, 0.25) is 5.91 Å². The Labute approximate surface area is 139 Å². The van der Waals surface area contributed by atoms with Gasteiger partial charge < -0.3 is 9.32 Å². The zero-order valence-electron chi connectivity index (χ0n) is 12.7. The van der Waals surface area contributed by atoms with Crippen molar-refractivity contribution < 1.29 is 9.21 Å². The lowest BCUT2D eigenvalue weighted by Crippen LogP contribution is -2.41. The average molecular weight is 339 g/mol. The third kappa shape index (κ3) is 3.10. The summed E-state index contributed by atoms with van der Waals surface area (Å²) >= 11 is 7.58. The maximum atomic E-state index is 12.2. The first-order valence-corrected chi connectivity index (χ1v) is 9.12. The number of hydrogen-bond donors (Lipinski definition) is 0. The summed E-state index contributed by atoms with van der Waals surface area (Å²) in [7, 11) is 0. The molecule has 1 atom stereocenters. The SMILES string of the molecule is CS[C@@H](C)C(=O)N1CCC(c2nc3cc(Cl)ccc3o2)CC1. The normalized spacial score (nSPS) is 17.9. The van der Waals surface area contributed by atoms with Crippen molar-refractivity contribution in [2.24, 2.45) is 0 Å². The van der Waals surface area contributed by atoms with Crippen LogP contribution in [-0.4, -0.2) is 40.4 Å². The molecular weight excluding hydrogens is 320 g/mol. The van der Waals surface area contributed by atoms with E-state index < -0.39 is 0 Å². The standard InChI is InChI=1S/C16H19ClN2O2S/c1-10(22-2)16(20)19-7-5-11(6-8-19)15-18-13-9-12(17)3-4-14(13)21-15/h3-4,9-11H,5-8H2,1-2H3/t10-/m0/s1. The first-order chi connectivity index (χ1) is 10.6. The van der Waals surface area contributed by atoms with E-state index in [-0.39, 0.29) is 17.1 Å². The Morgan fingerprint density at radius 3 is 2.86 bits per heavy atom. The number of oxazole rings is 1. The maximum absolute atomic E-state index is 12.2. The molecule has 1 fully saturated rings. The first kappa shape index (κ1) is 15.7. The lowest BCUT2D eigenvalue weighted by atomic mass is 9.96. The summed E-state index contributed by atoms with van der Waals surface area (Å²) in [6.07, 6.45) is 3.76. The van der Waals surface area contributed by atoms with Crippen LogP contribution in [0.25, 0.3) is 11.1 Å². The number of halogens is 1. The number of piperidine rings is 1. The molecule has 3 rings (SSSR count). The van der Waals surface area contributed by atoms with Crippen LogP contribution in [-0.2, 0) is 4.79 Å². The predicted molar refractivity (Wildman–Crippen MR) is 90.6 cm³/mol. The molecule has 1 aromatic heterocycles. The molecular formula is C16H19ClN2O2S. The number of nitrogens with zero attached hydrogens (tertiary/aromatic N) is 2. The van der Waals surface area contributed by atoms with Crippen LogP contribution in [0.3, 0.4) is 0 Å². The molecule has 0 spiro atoms. The summed E-state index contributed by atoms with van der Waals surface area (Å²) in [4.78, 5) is 18.7. The number of rotatable bonds is 3. The predicted octanol–water partition coefficient (Wildman–Crippen LogP) is 3.94. The molecule has 118 valence electrons. The smallest absolute Gasteiger partial charge is 0.235 e. The Bertz CT molecular complexity index is 680. The molecule has 1 saturated heterocycles. The number of hydrogen-bond acceptors (Lipinski definition) is 4. The minimum absolute atomic E-state index is 0.0306. The van der Waals surface area contributed by atoms with Crippen LogP contribution in [0.1, 0.15) is 31.6 Å². The fourth-order valence-corrected chi connectivity index (χ4v) is 3.31. The van der Waals surface area contributed by atoms with Crippen LogP contribution in [0, 0.1) is 0 Å². The van der Waals surface area contributed by atoms with Gasteiger partial charge in [0.15, 0.2) is 11.5 Å². The van der Waals surface area contributed by atoms with E-state index in [1.54, 1.807) is 11.8 Å². The Morgan fingerprint density at radius 1 is 1.45 bits per heavy atom. The Morgan fingerprint density at radius 2 is 2.18 bits per heavy atom. The second-order valence-corrected chi connectivity index (χ2v) is 7.26. The summed E-state index contributed by atoms with van der Waals surface area (Å²) in [5.74, 6) is 1.28. The van der Waals surface area contributed by atoms with Gasteiger partial charge in [-0.3, -0.25) is 4.79 Å². The molecule has 0 unspecified atom stereocenters. The molecule has 0 aliphatic carbocycles. The van der Waals surface area contributed by atoms with Gasteiger partial charge in [-0.05, 0) is 44.2 Å². The number of benzene rings is 1. The molecule has 1 amide bonds. The molecule has 1 aromatic carbocycles. The van der Waals surface area contributed by atoms with Crippen molar-refractivity contribution in [1.82, 2.24) is 9.88 Å². The van der Waals surface area contributed by atoms with Crippen molar-refractivity contribution >= 4 is 40.4 Å². The highest BCUT2D eigenvalue weighted by molar-refractivity contribution is 7.99. The fraction of sp³-hybridized carbons (Fsp3) is 0.500. The number of carbonyl (C=O) groups excluding carboxylic acids is 1. The number of fused-ring (bicyclic) bond motifs is 1. The molecule has 0 saturated carbocycles. The Kier molecular flexibility index (Phi) is 4.64. The van der Waals surface area contributed by atoms with Crippen LogP contribution < -0.4 is 0 Å². The lowest BCUT2D eigenvalue weighted by molar-refractivity contribution is -0.131. The molecule has 4 nitrogen and oxygen atoms in total. The van der Waals surface area contributed by atoms with Crippen molar-refractivity contribution in [3.05, 3.63) is 29.1 Å². The summed E-state index contributed by atoms with van der Waals surface area (Å²) in [6.45, 7) is 3.51. The summed E-state index contributed by atoms with van der Waals surface area (Å²) in [6, 6.07) is 5.49. The molecule has 1 aliphatic heterocycles. The summed E-state index contributed by atoms with van der Waals surface area (Å²) in [5.41, 5.74) is 1.57.